The number of nitrogens with zero attached hydrogens (tertiary/aromatic N) is 3. The number of piperazine rings is 1. The van der Waals surface area contributed by atoms with Gasteiger partial charge < -0.3 is 4.90 Å². The van der Waals surface area contributed by atoms with Crippen molar-refractivity contribution in [1.29, 1.82) is 0 Å². The van der Waals surface area contributed by atoms with Gasteiger partial charge >= 0.3 is 0 Å². The first kappa shape index (κ1) is 14.1. The van der Waals surface area contributed by atoms with Gasteiger partial charge in [-0.25, -0.2) is 4.98 Å². The third kappa shape index (κ3) is 3.38. The number of pyridine rings is 1. The highest BCUT2D eigenvalue weighted by Crippen LogP contribution is 2.20. The van der Waals surface area contributed by atoms with E-state index in [0.717, 1.165) is 13.1 Å². The van der Waals surface area contributed by atoms with Gasteiger partial charge in [0.15, 0.2) is 0 Å². The number of carbonyl (C=O) groups excluding carboxylic acids is 1. The molecule has 0 saturated carbocycles. The van der Waals surface area contributed by atoms with Crippen molar-refractivity contribution in [2.45, 2.75) is 0 Å². The van der Waals surface area contributed by atoms with E-state index in [4.69, 9.17) is 29.6 Å². The van der Waals surface area contributed by atoms with Crippen molar-refractivity contribution >= 4 is 29.1 Å². The standard InChI is InChI=1S/C13H13Cl2N3O/c1-2-3-17-4-6-18(7-5-17)13(19)10-8-12(15)16-9-11(10)14/h1,8-9H,3-7H2. The van der Waals surface area contributed by atoms with Gasteiger partial charge in [0.1, 0.15) is 5.15 Å². The first-order chi connectivity index (χ1) is 9.11. The number of halogens is 2. The van der Waals surface area contributed by atoms with Gasteiger partial charge in [-0.1, -0.05) is 29.1 Å². The van der Waals surface area contributed by atoms with E-state index in [1.54, 1.807) is 4.90 Å². The summed E-state index contributed by atoms with van der Waals surface area (Å²) in [6.07, 6.45) is 6.66. The molecule has 0 aromatic carbocycles. The quantitative estimate of drug-likeness (QED) is 0.617. The Labute approximate surface area is 122 Å². The number of hydrogen-bond donors (Lipinski definition) is 0. The smallest absolute Gasteiger partial charge is 0.255 e. The van der Waals surface area contributed by atoms with E-state index in [2.05, 4.69) is 15.8 Å². The SMILES string of the molecule is C#CCN1CCN(C(=O)c2cc(Cl)ncc2Cl)CC1. The normalized spacial score (nSPS) is 16.2. The van der Waals surface area contributed by atoms with E-state index >= 15 is 0 Å². The third-order valence-corrected chi connectivity index (χ3v) is 3.53. The highest BCUT2D eigenvalue weighted by atomic mass is 35.5. The lowest BCUT2D eigenvalue weighted by Gasteiger charge is -2.33. The van der Waals surface area contributed by atoms with Gasteiger partial charge in [0, 0.05) is 32.4 Å². The Morgan fingerprint density at radius 3 is 2.68 bits per heavy atom. The molecule has 0 bridgehead atoms. The van der Waals surface area contributed by atoms with E-state index in [1.165, 1.54) is 12.3 Å². The van der Waals surface area contributed by atoms with Gasteiger partial charge in [-0.15, -0.1) is 6.42 Å². The topological polar surface area (TPSA) is 36.4 Å². The summed E-state index contributed by atoms with van der Waals surface area (Å²) in [4.78, 5) is 20.1. The summed E-state index contributed by atoms with van der Waals surface area (Å²) in [7, 11) is 0. The fraction of sp³-hybridized carbons (Fsp3) is 0.385. The number of rotatable bonds is 2. The summed E-state index contributed by atoms with van der Waals surface area (Å²) in [6, 6.07) is 1.50. The molecule has 100 valence electrons. The summed E-state index contributed by atoms with van der Waals surface area (Å²) in [6.45, 7) is 3.43. The Morgan fingerprint density at radius 1 is 1.37 bits per heavy atom. The molecule has 2 heterocycles. The minimum absolute atomic E-state index is 0.116. The molecule has 4 nitrogen and oxygen atoms in total. The summed E-state index contributed by atoms with van der Waals surface area (Å²) >= 11 is 11.8. The van der Waals surface area contributed by atoms with E-state index in [-0.39, 0.29) is 11.1 Å². The number of hydrogen-bond acceptors (Lipinski definition) is 3. The van der Waals surface area contributed by atoms with E-state index in [9.17, 15) is 4.79 Å². The monoisotopic (exact) mass is 297 g/mol. The summed E-state index contributed by atoms with van der Waals surface area (Å²) in [5.41, 5.74) is 0.395. The molecule has 0 N–H and O–H groups in total. The molecule has 0 unspecified atom stereocenters. The van der Waals surface area contributed by atoms with E-state index < -0.39 is 0 Å². The number of terminal acetylenes is 1. The lowest BCUT2D eigenvalue weighted by atomic mass is 10.2. The molecule has 0 atom stereocenters. The molecule has 1 aromatic rings. The average Bonchev–Trinajstić information content (AvgIpc) is 2.42. The van der Waals surface area contributed by atoms with Gasteiger partial charge in [0.25, 0.3) is 5.91 Å². The van der Waals surface area contributed by atoms with Crippen molar-refractivity contribution in [2.24, 2.45) is 0 Å². The Morgan fingerprint density at radius 2 is 2.05 bits per heavy atom. The first-order valence-electron chi connectivity index (χ1n) is 5.88. The number of aromatic nitrogens is 1. The highest BCUT2D eigenvalue weighted by molar-refractivity contribution is 6.35. The van der Waals surface area contributed by atoms with Crippen LogP contribution in [0.3, 0.4) is 0 Å². The Kier molecular flexibility index (Phi) is 4.65. The third-order valence-electron chi connectivity index (χ3n) is 3.03. The molecular weight excluding hydrogens is 285 g/mol. The van der Waals surface area contributed by atoms with Crippen molar-refractivity contribution in [3.63, 3.8) is 0 Å². The van der Waals surface area contributed by atoms with E-state index in [0.29, 0.717) is 30.2 Å². The Bertz CT molecular complexity index is 519. The molecule has 1 fully saturated rings. The van der Waals surface area contributed by atoms with Crippen molar-refractivity contribution in [3.05, 3.63) is 28.0 Å². The molecular formula is C13H13Cl2N3O. The second kappa shape index (κ2) is 6.25. The van der Waals surface area contributed by atoms with Gasteiger partial charge in [-0.3, -0.25) is 9.69 Å². The maximum atomic E-state index is 12.3. The van der Waals surface area contributed by atoms with Crippen LogP contribution >= 0.6 is 23.2 Å². The van der Waals surface area contributed by atoms with Gasteiger partial charge in [0.05, 0.1) is 17.1 Å². The lowest BCUT2D eigenvalue weighted by molar-refractivity contribution is 0.0652. The maximum absolute atomic E-state index is 12.3. The van der Waals surface area contributed by atoms with Crippen LogP contribution in [-0.4, -0.2) is 53.4 Å². The fourth-order valence-corrected chi connectivity index (χ4v) is 2.33. The van der Waals surface area contributed by atoms with Crippen molar-refractivity contribution < 1.29 is 4.79 Å². The minimum Gasteiger partial charge on any atom is -0.336 e. The highest BCUT2D eigenvalue weighted by Gasteiger charge is 2.23. The molecule has 0 aliphatic carbocycles. The van der Waals surface area contributed by atoms with Gasteiger partial charge in [-0.2, -0.15) is 0 Å². The predicted octanol–water partition coefficient (Wildman–Crippen LogP) is 1.78. The molecule has 1 aliphatic heterocycles. The average molecular weight is 298 g/mol. The first-order valence-corrected chi connectivity index (χ1v) is 6.63. The van der Waals surface area contributed by atoms with Crippen LogP contribution in [0.25, 0.3) is 0 Å². The second-order valence-electron chi connectivity index (χ2n) is 4.26. The molecule has 0 spiro atoms. The van der Waals surface area contributed by atoms with Crippen LogP contribution in [0.5, 0.6) is 0 Å². The molecule has 2 rings (SSSR count). The summed E-state index contributed by atoms with van der Waals surface area (Å²) < 4.78 is 0. The van der Waals surface area contributed by atoms with Crippen LogP contribution in [-0.2, 0) is 0 Å². The van der Waals surface area contributed by atoms with Gasteiger partial charge in [-0.05, 0) is 6.07 Å². The Balaban J connectivity index is 2.05. The van der Waals surface area contributed by atoms with Crippen LogP contribution in [0, 0.1) is 12.3 Å². The molecule has 1 aliphatic rings. The van der Waals surface area contributed by atoms with Crippen LogP contribution in [0.15, 0.2) is 12.3 Å². The van der Waals surface area contributed by atoms with E-state index in [1.807, 2.05) is 0 Å². The van der Waals surface area contributed by atoms with Crippen LogP contribution < -0.4 is 0 Å². The molecule has 0 radical (unpaired) electrons. The number of carbonyl (C=O) groups is 1. The summed E-state index contributed by atoms with van der Waals surface area (Å²) in [5.74, 6) is 2.49. The molecule has 1 saturated heterocycles. The predicted molar refractivity (Wildman–Crippen MR) is 75.4 cm³/mol. The van der Waals surface area contributed by atoms with Gasteiger partial charge in [0.2, 0.25) is 0 Å². The lowest BCUT2D eigenvalue weighted by Crippen LogP contribution is -2.48. The molecule has 1 amide bonds. The van der Waals surface area contributed by atoms with Crippen LogP contribution in [0.1, 0.15) is 10.4 Å². The zero-order valence-corrected chi connectivity index (χ0v) is 11.8. The zero-order valence-electron chi connectivity index (χ0n) is 10.3. The van der Waals surface area contributed by atoms with Crippen molar-refractivity contribution in [3.8, 4) is 12.3 Å². The zero-order chi connectivity index (χ0) is 13.8. The molecule has 19 heavy (non-hydrogen) atoms. The minimum atomic E-state index is -0.116. The van der Waals surface area contributed by atoms with Crippen molar-refractivity contribution in [1.82, 2.24) is 14.8 Å². The Hall–Kier alpha value is -1.28. The van der Waals surface area contributed by atoms with Crippen LogP contribution in [0.2, 0.25) is 10.2 Å². The van der Waals surface area contributed by atoms with Crippen molar-refractivity contribution in [2.75, 3.05) is 32.7 Å². The maximum Gasteiger partial charge on any atom is 0.255 e. The largest absolute Gasteiger partial charge is 0.336 e. The second-order valence-corrected chi connectivity index (χ2v) is 5.05. The molecule has 1 aromatic heterocycles. The number of amides is 1. The summed E-state index contributed by atoms with van der Waals surface area (Å²) in [5, 5.41) is 0.583. The van der Waals surface area contributed by atoms with Crippen LogP contribution in [0.4, 0.5) is 0 Å². The fourth-order valence-electron chi connectivity index (χ4n) is 1.99. The molecule has 6 heteroatoms.